The summed E-state index contributed by atoms with van der Waals surface area (Å²) in [4.78, 5) is 11.8. The van der Waals surface area contributed by atoms with E-state index in [-0.39, 0.29) is 12.6 Å². The number of hydrogen-bond donors (Lipinski definition) is 3. The lowest BCUT2D eigenvalue weighted by molar-refractivity contribution is 0.0617. The zero-order valence-corrected chi connectivity index (χ0v) is 14.8. The lowest BCUT2D eigenvalue weighted by Gasteiger charge is -2.09. The van der Waals surface area contributed by atoms with E-state index in [4.69, 9.17) is 9.47 Å². The third-order valence-corrected chi connectivity index (χ3v) is 3.62. The van der Waals surface area contributed by atoms with Crippen molar-refractivity contribution in [2.75, 3.05) is 45.0 Å². The molecule has 0 aliphatic rings. The Morgan fingerprint density at radius 3 is 2.71 bits per heavy atom. The molecule has 0 spiro atoms. The van der Waals surface area contributed by atoms with Gasteiger partial charge in [-0.05, 0) is 24.1 Å². The second-order valence-electron chi connectivity index (χ2n) is 5.15. The summed E-state index contributed by atoms with van der Waals surface area (Å²) < 4.78 is 34.5. The predicted molar refractivity (Wildman–Crippen MR) is 92.5 cm³/mol. The first-order valence-corrected chi connectivity index (χ1v) is 9.45. The van der Waals surface area contributed by atoms with Gasteiger partial charge in [0.25, 0.3) is 0 Å². The molecular weight excluding hydrogens is 334 g/mol. The number of carbonyl (C=O) groups is 1. The first-order chi connectivity index (χ1) is 11.4. The van der Waals surface area contributed by atoms with E-state index in [1.54, 1.807) is 13.2 Å². The Morgan fingerprint density at radius 1 is 1.21 bits per heavy atom. The maximum Gasteiger partial charge on any atom is 0.319 e. The third kappa shape index (κ3) is 10.2. The van der Waals surface area contributed by atoms with Gasteiger partial charge in [-0.2, -0.15) is 0 Å². The molecule has 1 aromatic rings. The normalized spacial score (nSPS) is 11.2. The number of sulfonamides is 1. The van der Waals surface area contributed by atoms with Gasteiger partial charge in [-0.3, -0.25) is 0 Å². The van der Waals surface area contributed by atoms with Crippen LogP contribution >= 0.6 is 0 Å². The number of nitrogens with one attached hydrogen (secondary N) is 3. The van der Waals surface area contributed by atoms with Gasteiger partial charge in [-0.1, -0.05) is 12.1 Å². The Bertz CT molecular complexity index is 607. The number of carbonyl (C=O) groups excluding carboxylic acids is 1. The summed E-state index contributed by atoms with van der Waals surface area (Å²) in [5.41, 5.74) is 1.61. The Morgan fingerprint density at radius 2 is 2.00 bits per heavy atom. The Hall–Kier alpha value is -1.68. The molecule has 136 valence electrons. The third-order valence-electron chi connectivity index (χ3n) is 2.89. The Kier molecular flexibility index (Phi) is 9.31. The highest BCUT2D eigenvalue weighted by Gasteiger charge is 2.03. The minimum atomic E-state index is -3.19. The van der Waals surface area contributed by atoms with Gasteiger partial charge in [-0.25, -0.2) is 17.9 Å². The van der Waals surface area contributed by atoms with Crippen LogP contribution in [0, 0.1) is 0 Å². The van der Waals surface area contributed by atoms with Crippen molar-refractivity contribution in [3.63, 3.8) is 0 Å². The van der Waals surface area contributed by atoms with E-state index in [1.807, 2.05) is 18.2 Å². The highest BCUT2D eigenvalue weighted by Crippen LogP contribution is 2.11. The van der Waals surface area contributed by atoms with Gasteiger partial charge in [0.15, 0.2) is 0 Å². The van der Waals surface area contributed by atoms with Crippen molar-refractivity contribution in [1.82, 2.24) is 10.0 Å². The summed E-state index contributed by atoms with van der Waals surface area (Å²) in [6.45, 7) is 2.14. The minimum absolute atomic E-state index is 0.285. The van der Waals surface area contributed by atoms with Gasteiger partial charge >= 0.3 is 6.03 Å². The van der Waals surface area contributed by atoms with E-state index < -0.39 is 10.0 Å². The number of methoxy groups -OCH3 is 1. The lowest BCUT2D eigenvalue weighted by Crippen LogP contribution is -2.32. The van der Waals surface area contributed by atoms with E-state index in [9.17, 15) is 13.2 Å². The SMILES string of the molecule is COCCOCc1cccc(NC(=O)NCCCNS(C)(=O)=O)c1. The number of amides is 2. The molecule has 2 amide bonds. The summed E-state index contributed by atoms with van der Waals surface area (Å²) in [6.07, 6.45) is 1.60. The zero-order chi connectivity index (χ0) is 17.8. The molecular formula is C15H25N3O5S. The molecule has 0 heterocycles. The Balaban J connectivity index is 2.28. The molecule has 9 heteroatoms. The van der Waals surface area contributed by atoms with E-state index in [1.165, 1.54) is 0 Å². The van der Waals surface area contributed by atoms with E-state index >= 15 is 0 Å². The van der Waals surface area contributed by atoms with Crippen LogP contribution in [-0.4, -0.2) is 54.1 Å². The number of benzene rings is 1. The minimum Gasteiger partial charge on any atom is -0.382 e. The van der Waals surface area contributed by atoms with Gasteiger partial charge in [0.1, 0.15) is 0 Å². The van der Waals surface area contributed by atoms with Crippen molar-refractivity contribution in [3.8, 4) is 0 Å². The lowest BCUT2D eigenvalue weighted by atomic mass is 10.2. The van der Waals surface area contributed by atoms with Crippen LogP contribution in [0.2, 0.25) is 0 Å². The van der Waals surface area contributed by atoms with E-state index in [2.05, 4.69) is 15.4 Å². The van der Waals surface area contributed by atoms with Crippen LogP contribution in [0.3, 0.4) is 0 Å². The highest BCUT2D eigenvalue weighted by atomic mass is 32.2. The number of anilines is 1. The molecule has 1 rings (SSSR count). The molecule has 0 unspecified atom stereocenters. The van der Waals surface area contributed by atoms with E-state index in [0.29, 0.717) is 38.5 Å². The van der Waals surface area contributed by atoms with Gasteiger partial charge in [0.2, 0.25) is 10.0 Å². The predicted octanol–water partition coefficient (Wildman–Crippen LogP) is 0.910. The summed E-state index contributed by atoms with van der Waals surface area (Å²) in [7, 11) is -1.57. The van der Waals surface area contributed by atoms with Crippen molar-refractivity contribution in [2.45, 2.75) is 13.0 Å². The average Bonchev–Trinajstić information content (AvgIpc) is 2.50. The van der Waals surface area contributed by atoms with Crippen LogP contribution in [0.25, 0.3) is 0 Å². The fourth-order valence-corrected chi connectivity index (χ4v) is 2.31. The molecule has 0 saturated heterocycles. The molecule has 24 heavy (non-hydrogen) atoms. The maximum atomic E-state index is 11.8. The van der Waals surface area contributed by atoms with Crippen molar-refractivity contribution in [1.29, 1.82) is 0 Å². The molecule has 0 fully saturated rings. The highest BCUT2D eigenvalue weighted by molar-refractivity contribution is 7.88. The molecule has 0 radical (unpaired) electrons. The Labute approximate surface area is 143 Å². The number of urea groups is 1. The van der Waals surface area contributed by atoms with Crippen LogP contribution in [0.15, 0.2) is 24.3 Å². The number of hydrogen-bond acceptors (Lipinski definition) is 5. The summed E-state index contributed by atoms with van der Waals surface area (Å²) >= 11 is 0. The van der Waals surface area contributed by atoms with Crippen molar-refractivity contribution >= 4 is 21.7 Å². The molecule has 0 bridgehead atoms. The first-order valence-electron chi connectivity index (χ1n) is 7.56. The van der Waals surface area contributed by atoms with Crippen LogP contribution in [0.5, 0.6) is 0 Å². The first kappa shape index (κ1) is 20.4. The largest absolute Gasteiger partial charge is 0.382 e. The summed E-state index contributed by atoms with van der Waals surface area (Å²) in [5, 5.41) is 5.39. The second kappa shape index (κ2) is 11.0. The number of ether oxygens (including phenoxy) is 2. The fourth-order valence-electron chi connectivity index (χ4n) is 1.79. The van der Waals surface area contributed by atoms with Crippen molar-refractivity contribution in [2.24, 2.45) is 0 Å². The molecule has 3 N–H and O–H groups in total. The molecule has 0 aliphatic heterocycles. The van der Waals surface area contributed by atoms with Gasteiger partial charge in [-0.15, -0.1) is 0 Å². The molecule has 0 atom stereocenters. The standard InChI is InChI=1S/C15H25N3O5S/c1-22-9-10-23-12-13-5-3-6-14(11-13)18-15(19)16-7-4-8-17-24(2,20)21/h3,5-6,11,17H,4,7-10,12H2,1-2H3,(H2,16,18,19). The summed E-state index contributed by atoms with van der Waals surface area (Å²) in [6, 6.07) is 7.01. The molecule has 0 aromatic heterocycles. The molecule has 0 saturated carbocycles. The molecule has 8 nitrogen and oxygen atoms in total. The summed E-state index contributed by atoms with van der Waals surface area (Å²) in [5.74, 6) is 0. The average molecular weight is 359 g/mol. The fraction of sp³-hybridized carbons (Fsp3) is 0.533. The smallest absolute Gasteiger partial charge is 0.319 e. The van der Waals surface area contributed by atoms with Crippen LogP contribution in [-0.2, 0) is 26.1 Å². The van der Waals surface area contributed by atoms with Gasteiger partial charge in [0, 0.05) is 25.9 Å². The van der Waals surface area contributed by atoms with E-state index in [0.717, 1.165) is 11.8 Å². The van der Waals surface area contributed by atoms with Crippen molar-refractivity contribution in [3.05, 3.63) is 29.8 Å². The zero-order valence-electron chi connectivity index (χ0n) is 14.0. The van der Waals surface area contributed by atoms with Crippen LogP contribution in [0.1, 0.15) is 12.0 Å². The van der Waals surface area contributed by atoms with Crippen LogP contribution in [0.4, 0.5) is 10.5 Å². The monoisotopic (exact) mass is 359 g/mol. The van der Waals surface area contributed by atoms with Gasteiger partial charge < -0.3 is 20.1 Å². The molecule has 0 aliphatic carbocycles. The number of rotatable bonds is 11. The van der Waals surface area contributed by atoms with Gasteiger partial charge in [0.05, 0.1) is 26.1 Å². The second-order valence-corrected chi connectivity index (χ2v) is 6.98. The maximum absolute atomic E-state index is 11.8. The quantitative estimate of drug-likeness (QED) is 0.509. The topological polar surface area (TPSA) is 106 Å². The van der Waals surface area contributed by atoms with Crippen LogP contribution < -0.4 is 15.4 Å². The van der Waals surface area contributed by atoms with Crippen molar-refractivity contribution < 1.29 is 22.7 Å². The molecule has 1 aromatic carbocycles.